The van der Waals surface area contributed by atoms with Crippen LogP contribution in [0.15, 0.2) is 29.1 Å². The van der Waals surface area contributed by atoms with Gasteiger partial charge in [0, 0.05) is 25.2 Å². The Hall–Kier alpha value is -3.16. The van der Waals surface area contributed by atoms with Gasteiger partial charge in [0.1, 0.15) is 11.4 Å². The molecule has 2 aromatic rings. The Morgan fingerprint density at radius 1 is 1.14 bits per heavy atom. The molecule has 0 atom stereocenters. The van der Waals surface area contributed by atoms with E-state index in [9.17, 15) is 14.4 Å². The number of nitrogens with zero attached hydrogens (tertiary/aromatic N) is 2. The third-order valence-corrected chi connectivity index (χ3v) is 5.31. The molecule has 0 bridgehead atoms. The standard InChI is InChI=1S/C21H26N4O4/c1-13-4-5-14(2)20(15(13)3)29-12-19(27)25-10-8-16(9-11-25)22-21(28)17-6-7-18(26)24-23-17/h4-7,16H,8-12H2,1-3H3,(H,22,28)(H,24,26). The summed E-state index contributed by atoms with van der Waals surface area (Å²) in [5.74, 6) is 0.381. The molecule has 29 heavy (non-hydrogen) atoms. The third-order valence-electron chi connectivity index (χ3n) is 5.31. The smallest absolute Gasteiger partial charge is 0.271 e. The molecular formula is C21H26N4O4. The SMILES string of the molecule is Cc1ccc(C)c(OCC(=O)N2CCC(NC(=O)c3ccc(=O)[nH]n3)CC2)c1C. The lowest BCUT2D eigenvalue weighted by Gasteiger charge is -2.32. The zero-order valence-electron chi connectivity index (χ0n) is 16.9. The number of rotatable bonds is 5. The number of carbonyl (C=O) groups excluding carboxylic acids is 2. The number of benzene rings is 1. The molecule has 154 valence electrons. The Morgan fingerprint density at radius 2 is 1.83 bits per heavy atom. The molecule has 0 saturated carbocycles. The van der Waals surface area contributed by atoms with Crippen molar-refractivity contribution in [3.63, 3.8) is 0 Å². The number of hydrogen-bond donors (Lipinski definition) is 2. The van der Waals surface area contributed by atoms with Crippen molar-refractivity contribution in [3.05, 3.63) is 57.0 Å². The minimum atomic E-state index is -0.355. The monoisotopic (exact) mass is 398 g/mol. The van der Waals surface area contributed by atoms with E-state index < -0.39 is 0 Å². The maximum atomic E-state index is 12.5. The van der Waals surface area contributed by atoms with Crippen molar-refractivity contribution in [1.82, 2.24) is 20.4 Å². The van der Waals surface area contributed by atoms with Gasteiger partial charge in [-0.05, 0) is 56.4 Å². The maximum Gasteiger partial charge on any atom is 0.271 e. The molecule has 2 N–H and O–H groups in total. The summed E-state index contributed by atoms with van der Waals surface area (Å²) in [7, 11) is 0. The van der Waals surface area contributed by atoms with Crippen molar-refractivity contribution in [2.24, 2.45) is 0 Å². The second-order valence-electron chi connectivity index (χ2n) is 7.38. The Balaban J connectivity index is 1.48. The van der Waals surface area contributed by atoms with E-state index in [-0.39, 0.29) is 35.7 Å². The zero-order valence-corrected chi connectivity index (χ0v) is 16.9. The molecule has 1 aromatic heterocycles. The topological polar surface area (TPSA) is 104 Å². The van der Waals surface area contributed by atoms with Crippen molar-refractivity contribution in [1.29, 1.82) is 0 Å². The number of aryl methyl sites for hydroxylation is 2. The summed E-state index contributed by atoms with van der Waals surface area (Å²) in [5, 5.41) is 8.88. The molecular weight excluding hydrogens is 372 g/mol. The van der Waals surface area contributed by atoms with Crippen molar-refractivity contribution in [3.8, 4) is 5.75 Å². The summed E-state index contributed by atoms with van der Waals surface area (Å²) in [4.78, 5) is 37.5. The first-order valence-electron chi connectivity index (χ1n) is 9.69. The number of H-pyrrole nitrogens is 1. The van der Waals surface area contributed by atoms with Gasteiger partial charge >= 0.3 is 0 Å². The number of nitrogens with one attached hydrogen (secondary N) is 2. The molecule has 1 aromatic carbocycles. The molecule has 1 saturated heterocycles. The fourth-order valence-corrected chi connectivity index (χ4v) is 3.38. The highest BCUT2D eigenvalue weighted by atomic mass is 16.5. The lowest BCUT2D eigenvalue weighted by Crippen LogP contribution is -2.47. The van der Waals surface area contributed by atoms with Crippen molar-refractivity contribution < 1.29 is 14.3 Å². The van der Waals surface area contributed by atoms with Crippen LogP contribution in [0.3, 0.4) is 0 Å². The first-order chi connectivity index (χ1) is 13.8. The van der Waals surface area contributed by atoms with Crippen LogP contribution in [-0.4, -0.2) is 52.6 Å². The Morgan fingerprint density at radius 3 is 2.48 bits per heavy atom. The summed E-state index contributed by atoms with van der Waals surface area (Å²) in [5.41, 5.74) is 3.01. The first-order valence-corrected chi connectivity index (χ1v) is 9.69. The van der Waals surface area contributed by atoms with E-state index in [0.717, 1.165) is 22.4 Å². The van der Waals surface area contributed by atoms with Crippen LogP contribution >= 0.6 is 0 Å². The van der Waals surface area contributed by atoms with Crippen LogP contribution in [-0.2, 0) is 4.79 Å². The van der Waals surface area contributed by atoms with Crippen LogP contribution < -0.4 is 15.6 Å². The summed E-state index contributed by atoms with van der Waals surface area (Å²) in [6.07, 6.45) is 1.31. The summed E-state index contributed by atoms with van der Waals surface area (Å²) < 4.78 is 5.82. The maximum absolute atomic E-state index is 12.5. The van der Waals surface area contributed by atoms with Crippen LogP contribution in [0.25, 0.3) is 0 Å². The van der Waals surface area contributed by atoms with Gasteiger partial charge in [-0.25, -0.2) is 5.10 Å². The van der Waals surface area contributed by atoms with E-state index in [1.165, 1.54) is 12.1 Å². The average molecular weight is 398 g/mol. The van der Waals surface area contributed by atoms with Gasteiger partial charge < -0.3 is 15.0 Å². The second-order valence-corrected chi connectivity index (χ2v) is 7.38. The molecule has 0 aliphatic carbocycles. The lowest BCUT2D eigenvalue weighted by atomic mass is 10.0. The number of aromatic nitrogens is 2. The number of carbonyl (C=O) groups is 2. The summed E-state index contributed by atoms with van der Waals surface area (Å²) >= 11 is 0. The van der Waals surface area contributed by atoms with E-state index in [1.807, 2.05) is 32.9 Å². The van der Waals surface area contributed by atoms with Gasteiger partial charge in [-0.2, -0.15) is 5.10 Å². The number of hydrogen-bond acceptors (Lipinski definition) is 5. The second kappa shape index (κ2) is 8.89. The molecule has 2 amide bonds. The van der Waals surface area contributed by atoms with E-state index >= 15 is 0 Å². The summed E-state index contributed by atoms with van der Waals surface area (Å²) in [6, 6.07) is 6.65. The number of likely N-dealkylation sites (tertiary alicyclic amines) is 1. The number of piperidine rings is 1. The zero-order chi connectivity index (χ0) is 21.0. The van der Waals surface area contributed by atoms with Gasteiger partial charge in [-0.15, -0.1) is 0 Å². The lowest BCUT2D eigenvalue weighted by molar-refractivity contribution is -0.134. The molecule has 3 rings (SSSR count). The van der Waals surface area contributed by atoms with Crippen molar-refractivity contribution in [2.45, 2.75) is 39.7 Å². The molecule has 1 fully saturated rings. The fourth-order valence-electron chi connectivity index (χ4n) is 3.38. The van der Waals surface area contributed by atoms with Crippen LogP contribution in [0.1, 0.15) is 40.0 Å². The highest BCUT2D eigenvalue weighted by molar-refractivity contribution is 5.92. The first kappa shape index (κ1) is 20.6. The van der Waals surface area contributed by atoms with Gasteiger partial charge in [0.05, 0.1) is 0 Å². The van der Waals surface area contributed by atoms with Gasteiger partial charge in [0.25, 0.3) is 17.4 Å². The Labute approximate surface area is 169 Å². The highest BCUT2D eigenvalue weighted by Gasteiger charge is 2.25. The molecule has 8 heteroatoms. The predicted octanol–water partition coefficient (Wildman–Crippen LogP) is 1.49. The van der Waals surface area contributed by atoms with Crippen molar-refractivity contribution >= 4 is 11.8 Å². The van der Waals surface area contributed by atoms with Gasteiger partial charge in [-0.3, -0.25) is 14.4 Å². The van der Waals surface area contributed by atoms with Gasteiger partial charge in [-0.1, -0.05) is 12.1 Å². The van der Waals surface area contributed by atoms with Crippen LogP contribution in [0.4, 0.5) is 0 Å². The minimum Gasteiger partial charge on any atom is -0.483 e. The van der Waals surface area contributed by atoms with E-state index in [1.54, 1.807) is 4.90 Å². The minimum absolute atomic E-state index is 0.00343. The van der Waals surface area contributed by atoms with Gasteiger partial charge in [0.15, 0.2) is 6.61 Å². The van der Waals surface area contributed by atoms with Crippen LogP contribution in [0.2, 0.25) is 0 Å². The molecule has 1 aliphatic rings. The van der Waals surface area contributed by atoms with E-state index in [2.05, 4.69) is 15.5 Å². The number of ether oxygens (including phenoxy) is 1. The molecule has 0 unspecified atom stereocenters. The quantitative estimate of drug-likeness (QED) is 0.794. The largest absolute Gasteiger partial charge is 0.483 e. The summed E-state index contributed by atoms with van der Waals surface area (Å²) in [6.45, 7) is 7.09. The molecule has 0 radical (unpaired) electrons. The Bertz CT molecular complexity index is 941. The number of aromatic amines is 1. The fraction of sp³-hybridized carbons (Fsp3) is 0.429. The molecule has 0 spiro atoms. The van der Waals surface area contributed by atoms with Crippen LogP contribution in [0, 0.1) is 20.8 Å². The average Bonchev–Trinajstić information content (AvgIpc) is 2.71. The van der Waals surface area contributed by atoms with E-state index in [0.29, 0.717) is 25.9 Å². The number of amides is 2. The van der Waals surface area contributed by atoms with Crippen molar-refractivity contribution in [2.75, 3.05) is 19.7 Å². The Kier molecular flexibility index (Phi) is 6.31. The third kappa shape index (κ3) is 5.01. The molecule has 2 heterocycles. The normalized spacial score (nSPS) is 14.5. The van der Waals surface area contributed by atoms with Gasteiger partial charge in [0.2, 0.25) is 0 Å². The molecule has 1 aliphatic heterocycles. The molecule has 8 nitrogen and oxygen atoms in total. The predicted molar refractivity (Wildman–Crippen MR) is 108 cm³/mol. The van der Waals surface area contributed by atoms with Crippen LogP contribution in [0.5, 0.6) is 5.75 Å². The van der Waals surface area contributed by atoms with E-state index in [4.69, 9.17) is 4.74 Å². The highest BCUT2D eigenvalue weighted by Crippen LogP contribution is 2.25.